The predicted molar refractivity (Wildman–Crippen MR) is 114 cm³/mol. The number of carbonyl (C=O) groups excluding carboxylic acids is 4. The number of nitrogens with zero attached hydrogens (tertiary/aromatic N) is 2. The summed E-state index contributed by atoms with van der Waals surface area (Å²) in [5.74, 6) is -1.63. The number of hydrogen-bond donors (Lipinski definition) is 2. The van der Waals surface area contributed by atoms with Gasteiger partial charge in [-0.1, -0.05) is 44.2 Å². The van der Waals surface area contributed by atoms with Crippen LogP contribution in [0.25, 0.3) is 6.08 Å². The third-order valence-electron chi connectivity index (χ3n) is 5.10. The summed E-state index contributed by atoms with van der Waals surface area (Å²) in [6.07, 6.45) is 1.99. The second-order valence-corrected chi connectivity index (χ2v) is 7.89. The van der Waals surface area contributed by atoms with Gasteiger partial charge in [-0.2, -0.15) is 0 Å². The molecule has 0 bridgehead atoms. The van der Waals surface area contributed by atoms with Crippen molar-refractivity contribution in [1.29, 1.82) is 0 Å². The molecule has 0 saturated carbocycles. The minimum atomic E-state index is -0.820. The van der Waals surface area contributed by atoms with Gasteiger partial charge in [-0.3, -0.25) is 19.2 Å². The molecule has 2 rings (SSSR count). The molecule has 0 unspecified atom stereocenters. The average Bonchev–Trinajstić information content (AvgIpc) is 2.72. The number of likely N-dealkylation sites (N-methyl/N-ethyl adjacent to an activating group) is 2. The first-order chi connectivity index (χ1) is 14.1. The molecule has 1 aliphatic rings. The molecule has 162 valence electrons. The van der Waals surface area contributed by atoms with E-state index in [0.29, 0.717) is 6.42 Å². The summed E-state index contributed by atoms with van der Waals surface area (Å²) >= 11 is 0. The zero-order valence-electron chi connectivity index (χ0n) is 18.1. The van der Waals surface area contributed by atoms with Gasteiger partial charge in [0.15, 0.2) is 0 Å². The van der Waals surface area contributed by atoms with E-state index >= 15 is 0 Å². The first-order valence-corrected chi connectivity index (χ1v) is 10.00. The van der Waals surface area contributed by atoms with Gasteiger partial charge in [0, 0.05) is 14.1 Å². The quantitative estimate of drug-likeness (QED) is 0.721. The van der Waals surface area contributed by atoms with Crippen LogP contribution in [0.4, 0.5) is 0 Å². The molecule has 2 atom stereocenters. The molecule has 8 heteroatoms. The molecule has 0 aromatic heterocycles. The Kier molecular flexibility index (Phi) is 7.74. The highest BCUT2D eigenvalue weighted by Gasteiger charge is 2.32. The lowest BCUT2D eigenvalue weighted by atomic mass is 10.0. The maximum Gasteiger partial charge on any atom is 0.268 e. The Labute approximate surface area is 177 Å². The molecule has 1 heterocycles. The van der Waals surface area contributed by atoms with Crippen LogP contribution in [0.2, 0.25) is 0 Å². The summed E-state index contributed by atoms with van der Waals surface area (Å²) < 4.78 is 0. The summed E-state index contributed by atoms with van der Waals surface area (Å²) in [6, 6.07) is 7.51. The van der Waals surface area contributed by atoms with Gasteiger partial charge in [0.2, 0.25) is 17.7 Å². The van der Waals surface area contributed by atoms with E-state index < -0.39 is 35.7 Å². The van der Waals surface area contributed by atoms with Gasteiger partial charge in [-0.15, -0.1) is 0 Å². The molecule has 1 saturated heterocycles. The van der Waals surface area contributed by atoms with Gasteiger partial charge < -0.3 is 20.4 Å². The van der Waals surface area contributed by atoms with Crippen LogP contribution in [0, 0.1) is 5.92 Å². The zero-order chi connectivity index (χ0) is 22.4. The lowest BCUT2D eigenvalue weighted by Gasteiger charge is -2.31. The van der Waals surface area contributed by atoms with Crippen LogP contribution in [-0.2, 0) is 19.2 Å². The maximum absolute atomic E-state index is 13.3. The molecule has 1 aromatic carbocycles. The normalized spacial score (nSPS) is 23.2. The van der Waals surface area contributed by atoms with Crippen molar-refractivity contribution < 1.29 is 19.2 Å². The van der Waals surface area contributed by atoms with Crippen LogP contribution in [0.5, 0.6) is 0 Å². The number of rotatable bonds is 3. The molecule has 30 heavy (non-hydrogen) atoms. The first-order valence-electron chi connectivity index (χ1n) is 10.00. The van der Waals surface area contributed by atoms with E-state index in [1.54, 1.807) is 13.0 Å². The van der Waals surface area contributed by atoms with E-state index in [2.05, 4.69) is 10.6 Å². The second-order valence-electron chi connectivity index (χ2n) is 7.89. The Bertz CT molecular complexity index is 835. The number of nitrogens with one attached hydrogen (secondary N) is 2. The third-order valence-corrected chi connectivity index (χ3v) is 5.10. The topological polar surface area (TPSA) is 98.8 Å². The lowest BCUT2D eigenvalue weighted by molar-refractivity contribution is -0.142. The summed E-state index contributed by atoms with van der Waals surface area (Å²) in [4.78, 5) is 53.8. The minimum absolute atomic E-state index is 0.0956. The monoisotopic (exact) mass is 414 g/mol. The Balaban J connectivity index is 2.49. The van der Waals surface area contributed by atoms with Crippen LogP contribution < -0.4 is 10.6 Å². The lowest BCUT2D eigenvalue weighted by Crippen LogP contribution is -2.56. The van der Waals surface area contributed by atoms with Gasteiger partial charge in [-0.25, -0.2) is 0 Å². The van der Waals surface area contributed by atoms with E-state index in [0.717, 1.165) is 5.56 Å². The zero-order valence-corrected chi connectivity index (χ0v) is 18.1. The largest absolute Gasteiger partial charge is 0.342 e. The number of amides is 4. The molecule has 4 amide bonds. The van der Waals surface area contributed by atoms with Gasteiger partial charge in [0.1, 0.15) is 17.8 Å². The minimum Gasteiger partial charge on any atom is -0.342 e. The van der Waals surface area contributed by atoms with Crippen molar-refractivity contribution in [2.45, 2.75) is 39.3 Å². The summed E-state index contributed by atoms with van der Waals surface area (Å²) in [7, 11) is 3.00. The van der Waals surface area contributed by atoms with E-state index in [1.165, 1.54) is 23.9 Å². The van der Waals surface area contributed by atoms with Gasteiger partial charge in [0.05, 0.1) is 6.54 Å². The van der Waals surface area contributed by atoms with Gasteiger partial charge in [-0.05, 0) is 30.9 Å². The van der Waals surface area contributed by atoms with Crippen molar-refractivity contribution in [2.75, 3.05) is 20.6 Å². The fourth-order valence-electron chi connectivity index (χ4n) is 3.12. The van der Waals surface area contributed by atoms with Crippen molar-refractivity contribution in [3.63, 3.8) is 0 Å². The van der Waals surface area contributed by atoms with E-state index in [4.69, 9.17) is 0 Å². The summed E-state index contributed by atoms with van der Waals surface area (Å²) in [5, 5.41) is 5.33. The predicted octanol–water partition coefficient (Wildman–Crippen LogP) is 0.994. The van der Waals surface area contributed by atoms with Crippen LogP contribution >= 0.6 is 0 Å². The molecule has 1 aromatic rings. The van der Waals surface area contributed by atoms with Crippen LogP contribution in [0.3, 0.4) is 0 Å². The average molecular weight is 415 g/mol. The SMILES string of the molecule is CC(C)C[C@H]1NC(=O)[C@@H](C)N(C)C(=O)CNC(=O)/C(=C/c2ccccc2)N(C)C1=O. The summed E-state index contributed by atoms with van der Waals surface area (Å²) in [5.41, 5.74) is 0.828. The Morgan fingerprint density at radius 1 is 1.10 bits per heavy atom. The smallest absolute Gasteiger partial charge is 0.268 e. The van der Waals surface area contributed by atoms with E-state index in [9.17, 15) is 19.2 Å². The molecule has 0 aliphatic carbocycles. The standard InChI is InChI=1S/C22H30N4O4/c1-14(2)11-17-22(30)26(5)18(12-16-9-7-6-8-10-16)21(29)23-13-19(27)25(4)15(3)20(28)24-17/h6-10,12,14-15,17H,11,13H2,1-5H3,(H,23,29)(H,24,28)/b18-12-/t15-,17-/m1/s1. The molecule has 0 spiro atoms. The first kappa shape index (κ1) is 23.1. The molecule has 8 nitrogen and oxygen atoms in total. The molecule has 1 fully saturated rings. The highest BCUT2D eigenvalue weighted by Crippen LogP contribution is 2.15. The fourth-order valence-corrected chi connectivity index (χ4v) is 3.12. The second kappa shape index (κ2) is 10.0. The van der Waals surface area contributed by atoms with Crippen LogP contribution in [0.1, 0.15) is 32.8 Å². The van der Waals surface area contributed by atoms with Crippen LogP contribution in [-0.4, -0.2) is 66.2 Å². The molecular weight excluding hydrogens is 384 g/mol. The summed E-state index contributed by atoms with van der Waals surface area (Å²) in [6.45, 7) is 5.20. The Morgan fingerprint density at radius 2 is 1.73 bits per heavy atom. The number of carbonyl (C=O) groups is 4. The van der Waals surface area contributed by atoms with Crippen molar-refractivity contribution >= 4 is 29.7 Å². The highest BCUT2D eigenvalue weighted by atomic mass is 16.2. The Hall–Kier alpha value is -3.16. The highest BCUT2D eigenvalue weighted by molar-refractivity contribution is 6.04. The number of benzene rings is 1. The maximum atomic E-state index is 13.3. The van der Waals surface area contributed by atoms with Crippen LogP contribution in [0.15, 0.2) is 36.0 Å². The van der Waals surface area contributed by atoms with Crippen molar-refractivity contribution in [3.05, 3.63) is 41.6 Å². The fraction of sp³-hybridized carbons (Fsp3) is 0.455. The van der Waals surface area contributed by atoms with Gasteiger partial charge >= 0.3 is 0 Å². The van der Waals surface area contributed by atoms with Crippen molar-refractivity contribution in [2.24, 2.45) is 5.92 Å². The Morgan fingerprint density at radius 3 is 2.33 bits per heavy atom. The molecule has 2 N–H and O–H groups in total. The van der Waals surface area contributed by atoms with E-state index in [1.807, 2.05) is 44.2 Å². The van der Waals surface area contributed by atoms with Gasteiger partial charge in [0.25, 0.3) is 5.91 Å². The molecule has 1 aliphatic heterocycles. The third kappa shape index (κ3) is 5.68. The van der Waals surface area contributed by atoms with Crippen molar-refractivity contribution in [1.82, 2.24) is 20.4 Å². The molecule has 0 radical (unpaired) electrons. The van der Waals surface area contributed by atoms with Crippen molar-refractivity contribution in [3.8, 4) is 0 Å². The number of hydrogen-bond acceptors (Lipinski definition) is 4. The van der Waals surface area contributed by atoms with E-state index in [-0.39, 0.29) is 18.2 Å². The molecular formula is C22H30N4O4.